The van der Waals surface area contributed by atoms with E-state index in [0.29, 0.717) is 12.8 Å². The minimum absolute atomic E-state index is 0.182. The number of carbonyl (C=O) groups excluding carboxylic acids is 2. The molecule has 0 spiro atoms. The van der Waals surface area contributed by atoms with Crippen LogP contribution < -0.4 is 0 Å². The summed E-state index contributed by atoms with van der Waals surface area (Å²) in [5.74, 6) is -0.920. The summed E-state index contributed by atoms with van der Waals surface area (Å²) >= 11 is 0. The van der Waals surface area contributed by atoms with Crippen LogP contribution in [0.1, 0.15) is 219 Å². The molecule has 0 aliphatic rings. The number of phosphoric acid groups is 1. The van der Waals surface area contributed by atoms with E-state index in [1.165, 1.54) is 128 Å². The van der Waals surface area contributed by atoms with Crippen molar-refractivity contribution >= 4 is 19.8 Å². The Labute approximate surface area is 348 Å². The molecular weight excluding hydrogens is 743 g/mol. The van der Waals surface area contributed by atoms with Crippen molar-refractivity contribution in [2.45, 2.75) is 232 Å². The lowest BCUT2D eigenvalue weighted by Crippen LogP contribution is -2.29. The lowest BCUT2D eigenvalue weighted by Gasteiger charge is -2.20. The lowest BCUT2D eigenvalue weighted by molar-refractivity contribution is -0.161. The van der Waals surface area contributed by atoms with Gasteiger partial charge >= 0.3 is 19.8 Å². The van der Waals surface area contributed by atoms with Gasteiger partial charge in [-0.3, -0.25) is 18.6 Å². The number of ether oxygens (including phenoxy) is 2. The van der Waals surface area contributed by atoms with E-state index in [1.807, 2.05) is 0 Å². The second-order valence-corrected chi connectivity index (χ2v) is 17.2. The predicted molar refractivity (Wildman–Crippen MR) is 233 cm³/mol. The average Bonchev–Trinajstić information content (AvgIpc) is 3.20. The summed E-state index contributed by atoms with van der Waals surface area (Å²) in [5.41, 5.74) is 0. The maximum atomic E-state index is 12.6. The van der Waals surface area contributed by atoms with E-state index in [2.05, 4.69) is 38.2 Å². The quantitative estimate of drug-likeness (QED) is 0.0234. The highest BCUT2D eigenvalue weighted by Crippen LogP contribution is 2.43. The van der Waals surface area contributed by atoms with Crippen LogP contribution in [0.3, 0.4) is 0 Å². The van der Waals surface area contributed by atoms with E-state index in [-0.39, 0.29) is 19.4 Å². The molecule has 11 heteroatoms. The number of unbranched alkanes of at least 4 members (excludes halogenated alkanes) is 26. The summed E-state index contributed by atoms with van der Waals surface area (Å²) < 4.78 is 32.8. The van der Waals surface area contributed by atoms with Crippen LogP contribution in [0.2, 0.25) is 0 Å². The molecule has 0 fully saturated rings. The Kier molecular flexibility index (Phi) is 41.4. The molecule has 0 saturated heterocycles. The fourth-order valence-corrected chi connectivity index (χ4v) is 7.28. The van der Waals surface area contributed by atoms with Gasteiger partial charge in [0.25, 0.3) is 0 Å². The fourth-order valence-electron chi connectivity index (χ4n) is 6.50. The predicted octanol–water partition coefficient (Wildman–Crippen LogP) is 12.6. The molecule has 0 saturated carbocycles. The van der Waals surface area contributed by atoms with Crippen LogP contribution in [0.5, 0.6) is 0 Å². The zero-order valence-corrected chi connectivity index (χ0v) is 37.5. The Hall–Kier alpha value is -1.55. The fraction of sp³-hybridized carbons (Fsp3) is 0.870. The second kappa shape index (κ2) is 42.6. The Bertz CT molecular complexity index is 1000. The molecule has 0 amide bonds. The minimum Gasteiger partial charge on any atom is -0.462 e. The van der Waals surface area contributed by atoms with Gasteiger partial charge in [-0.1, -0.05) is 186 Å². The normalized spacial score (nSPS) is 14.0. The summed E-state index contributed by atoms with van der Waals surface area (Å²) in [6.07, 6.45) is 42.8. The number of carbonyl (C=O) groups is 2. The van der Waals surface area contributed by atoms with Crippen LogP contribution in [0.4, 0.5) is 0 Å². The summed E-state index contributed by atoms with van der Waals surface area (Å²) in [7, 11) is -4.62. The molecule has 336 valence electrons. The van der Waals surface area contributed by atoms with Crippen molar-refractivity contribution in [1.82, 2.24) is 0 Å². The third kappa shape index (κ3) is 42.4. The molecule has 0 aliphatic carbocycles. The Morgan fingerprint density at radius 2 is 0.912 bits per heavy atom. The molecular formula is C46H87O10P. The highest BCUT2D eigenvalue weighted by atomic mass is 31.2. The topological polar surface area (TPSA) is 149 Å². The van der Waals surface area contributed by atoms with Crippen molar-refractivity contribution in [3.05, 3.63) is 24.3 Å². The van der Waals surface area contributed by atoms with E-state index in [1.54, 1.807) is 0 Å². The van der Waals surface area contributed by atoms with Gasteiger partial charge in [0.2, 0.25) is 0 Å². The first-order valence-corrected chi connectivity index (χ1v) is 24.8. The Morgan fingerprint density at radius 3 is 1.35 bits per heavy atom. The third-order valence-electron chi connectivity index (χ3n) is 10.1. The van der Waals surface area contributed by atoms with E-state index >= 15 is 0 Å². The molecule has 0 heterocycles. The van der Waals surface area contributed by atoms with Gasteiger partial charge in [-0.05, 0) is 44.9 Å². The molecule has 0 radical (unpaired) electrons. The zero-order chi connectivity index (χ0) is 41.9. The van der Waals surface area contributed by atoms with Gasteiger partial charge < -0.3 is 24.6 Å². The molecule has 0 aromatic heterocycles. The molecule has 0 aromatic rings. The largest absolute Gasteiger partial charge is 0.472 e. The van der Waals surface area contributed by atoms with Crippen molar-refractivity contribution in [1.29, 1.82) is 0 Å². The number of hydrogen-bond donors (Lipinski definition) is 3. The average molecular weight is 831 g/mol. The molecule has 3 unspecified atom stereocenters. The second-order valence-electron chi connectivity index (χ2n) is 15.8. The van der Waals surface area contributed by atoms with Crippen molar-refractivity contribution < 1.29 is 47.8 Å². The van der Waals surface area contributed by atoms with Gasteiger partial charge in [0.15, 0.2) is 6.10 Å². The van der Waals surface area contributed by atoms with Crippen molar-refractivity contribution in [2.75, 3.05) is 26.4 Å². The number of aliphatic hydroxyl groups excluding tert-OH is 2. The summed E-state index contributed by atoms with van der Waals surface area (Å²) in [5, 5.41) is 18.3. The SMILES string of the molecule is CCCCCCC/C=C\C/C=C\CCCCCCCCCCCC(=O)OC(COC(=O)CCCCCCCCCCCCCCC)COP(=O)(O)OCC(O)CO. The summed E-state index contributed by atoms with van der Waals surface area (Å²) in [6.45, 7) is 2.39. The van der Waals surface area contributed by atoms with Gasteiger partial charge in [0.1, 0.15) is 12.7 Å². The number of aliphatic hydroxyl groups is 2. The number of phosphoric ester groups is 1. The molecule has 0 aliphatic heterocycles. The van der Waals surface area contributed by atoms with E-state index in [9.17, 15) is 24.2 Å². The van der Waals surface area contributed by atoms with E-state index < -0.39 is 51.8 Å². The summed E-state index contributed by atoms with van der Waals surface area (Å²) in [4.78, 5) is 35.0. The Morgan fingerprint density at radius 1 is 0.526 bits per heavy atom. The molecule has 57 heavy (non-hydrogen) atoms. The third-order valence-corrected chi connectivity index (χ3v) is 11.1. The van der Waals surface area contributed by atoms with Crippen molar-refractivity contribution in [3.63, 3.8) is 0 Å². The van der Waals surface area contributed by atoms with Crippen molar-refractivity contribution in [2.24, 2.45) is 0 Å². The van der Waals surface area contributed by atoms with Crippen LogP contribution in [0.25, 0.3) is 0 Å². The number of allylic oxidation sites excluding steroid dienone is 4. The molecule has 0 aromatic carbocycles. The molecule has 3 N–H and O–H groups in total. The van der Waals surface area contributed by atoms with Crippen LogP contribution in [0.15, 0.2) is 24.3 Å². The maximum Gasteiger partial charge on any atom is 0.472 e. The summed E-state index contributed by atoms with van der Waals surface area (Å²) in [6, 6.07) is 0. The first kappa shape index (κ1) is 55.5. The minimum atomic E-state index is -4.62. The molecule has 10 nitrogen and oxygen atoms in total. The molecule has 3 atom stereocenters. The maximum absolute atomic E-state index is 12.6. The van der Waals surface area contributed by atoms with Gasteiger partial charge in [-0.25, -0.2) is 4.57 Å². The smallest absolute Gasteiger partial charge is 0.462 e. The Balaban J connectivity index is 4.21. The first-order chi connectivity index (χ1) is 27.7. The van der Waals surface area contributed by atoms with E-state index in [0.717, 1.165) is 51.4 Å². The van der Waals surface area contributed by atoms with Crippen LogP contribution >= 0.6 is 7.82 Å². The number of rotatable bonds is 44. The molecule has 0 rings (SSSR count). The van der Waals surface area contributed by atoms with E-state index in [4.69, 9.17) is 23.6 Å². The monoisotopic (exact) mass is 831 g/mol. The van der Waals surface area contributed by atoms with Crippen molar-refractivity contribution in [3.8, 4) is 0 Å². The van der Waals surface area contributed by atoms with Gasteiger partial charge in [0, 0.05) is 12.8 Å². The standard InChI is InChI=1S/C46H87O10P/c1-3-5-7-9-11-13-15-17-18-19-20-21-22-23-24-26-28-30-32-34-36-38-46(50)56-44(42-55-57(51,52)54-40-43(48)39-47)41-53-45(49)37-35-33-31-29-27-25-16-14-12-10-8-6-4-2/h15,17,19-20,43-44,47-48H,3-14,16,18,21-42H2,1-2H3,(H,51,52)/b17-15-,20-19-. The lowest BCUT2D eigenvalue weighted by atomic mass is 10.0. The van der Waals surface area contributed by atoms with Crippen LogP contribution in [-0.4, -0.2) is 65.7 Å². The molecule has 0 bridgehead atoms. The highest BCUT2D eigenvalue weighted by Gasteiger charge is 2.27. The van der Waals surface area contributed by atoms with Gasteiger partial charge in [-0.15, -0.1) is 0 Å². The highest BCUT2D eigenvalue weighted by molar-refractivity contribution is 7.47. The first-order valence-electron chi connectivity index (χ1n) is 23.3. The van der Waals surface area contributed by atoms with Crippen LogP contribution in [0, 0.1) is 0 Å². The number of esters is 2. The van der Waals surface area contributed by atoms with Crippen LogP contribution in [-0.2, 0) is 32.7 Å². The zero-order valence-electron chi connectivity index (χ0n) is 36.6. The van der Waals surface area contributed by atoms with Gasteiger partial charge in [0.05, 0.1) is 19.8 Å². The number of hydrogen-bond acceptors (Lipinski definition) is 9. The van der Waals surface area contributed by atoms with Gasteiger partial charge in [-0.2, -0.15) is 0 Å².